The number of aliphatic carboxylic acids is 1. The summed E-state index contributed by atoms with van der Waals surface area (Å²) in [5, 5.41) is 10.2. The van der Waals surface area contributed by atoms with Gasteiger partial charge in [-0.3, -0.25) is 9.59 Å². The van der Waals surface area contributed by atoms with Gasteiger partial charge in [-0.25, -0.2) is 0 Å². The van der Waals surface area contributed by atoms with Crippen LogP contribution in [-0.4, -0.2) is 38.9 Å². The zero-order chi connectivity index (χ0) is 22.7. The molecule has 2 aromatic rings. The maximum atomic E-state index is 12.5. The van der Waals surface area contributed by atoms with E-state index < -0.39 is 20.2 Å². The topological polar surface area (TPSA) is 72.8 Å². The normalized spacial score (nSPS) is 13.4. The zero-order valence-electron chi connectivity index (χ0n) is 19.1. The first-order valence-corrected chi connectivity index (χ1v) is 14.1. The molecule has 0 spiro atoms. The number of carbonyl (C=O) groups is 2. The Bertz CT molecular complexity index is 910. The number of hydrogen-bond donors (Lipinski definition) is 1. The number of hydrogen-bond acceptors (Lipinski definition) is 5. The lowest BCUT2D eigenvalue weighted by molar-refractivity contribution is -0.141. The van der Waals surface area contributed by atoms with E-state index in [2.05, 4.69) is 39.9 Å². The number of ether oxygens (including phenoxy) is 1. The van der Waals surface area contributed by atoms with Crippen LogP contribution in [0, 0.1) is 5.92 Å². The molecule has 1 N–H and O–H groups in total. The van der Waals surface area contributed by atoms with Crippen LogP contribution in [-0.2, 0) is 15.6 Å². The van der Waals surface area contributed by atoms with Crippen LogP contribution in [0.1, 0.15) is 55.8 Å². The maximum Gasteiger partial charge on any atom is 0.306 e. The summed E-state index contributed by atoms with van der Waals surface area (Å²) in [6.45, 7) is 13.5. The number of ketones is 1. The molecule has 1 heterocycles. The van der Waals surface area contributed by atoms with Crippen LogP contribution in [0.15, 0.2) is 18.2 Å². The first-order chi connectivity index (χ1) is 13.9. The number of fused-ring (bicyclic) bond motifs is 1. The van der Waals surface area contributed by atoms with Crippen LogP contribution in [0.3, 0.4) is 0 Å². The number of thiophene rings is 1. The average Bonchev–Trinajstić information content (AvgIpc) is 3.06. The summed E-state index contributed by atoms with van der Waals surface area (Å²) in [7, 11) is -0.0908. The Morgan fingerprint density at radius 2 is 1.87 bits per heavy atom. The number of rotatable bonds is 10. The number of carbonyl (C=O) groups excluding carboxylic acids is 1. The van der Waals surface area contributed by atoms with Gasteiger partial charge in [-0.15, -0.1) is 11.3 Å². The van der Waals surface area contributed by atoms with E-state index in [1.807, 2.05) is 12.1 Å². The third-order valence-electron chi connectivity index (χ3n) is 5.97. The Hall–Kier alpha value is -1.70. The first-order valence-electron chi connectivity index (χ1n) is 10.4. The van der Waals surface area contributed by atoms with E-state index in [-0.39, 0.29) is 17.2 Å². The molecule has 7 heteroatoms. The van der Waals surface area contributed by atoms with Gasteiger partial charge in [0.1, 0.15) is 5.75 Å². The molecule has 0 radical (unpaired) electrons. The molecule has 0 aliphatic carbocycles. The number of aryl methyl sites for hydroxylation is 1. The van der Waals surface area contributed by atoms with Gasteiger partial charge in [0.2, 0.25) is 0 Å². The van der Waals surface area contributed by atoms with Gasteiger partial charge in [0.05, 0.1) is 17.9 Å². The van der Waals surface area contributed by atoms with Crippen LogP contribution in [0.2, 0.25) is 18.1 Å². The molecule has 2 rings (SSSR count). The standard InChI is InChI=1S/C23H34O5SSi/c1-15(22(25)26)11-18(24)21-13-17-12-16(19(27-5)14-20(17)29-21)9-8-10-28-30(6,7)23(2,3)4/h12-15H,8-11H2,1-7H3,(H,25,26). The fourth-order valence-corrected chi connectivity index (χ4v) is 5.02. The Labute approximate surface area is 184 Å². The fourth-order valence-electron chi connectivity index (χ4n) is 2.91. The highest BCUT2D eigenvalue weighted by molar-refractivity contribution is 7.20. The number of benzene rings is 1. The number of carboxylic acids is 1. The van der Waals surface area contributed by atoms with Crippen molar-refractivity contribution in [1.29, 1.82) is 0 Å². The van der Waals surface area contributed by atoms with Gasteiger partial charge in [-0.2, -0.15) is 0 Å². The predicted molar refractivity (Wildman–Crippen MR) is 126 cm³/mol. The molecule has 166 valence electrons. The second-order valence-electron chi connectivity index (χ2n) is 9.39. The van der Waals surface area contributed by atoms with Gasteiger partial charge in [-0.05, 0) is 60.1 Å². The van der Waals surface area contributed by atoms with Crippen molar-refractivity contribution in [3.05, 3.63) is 28.6 Å². The molecule has 0 saturated carbocycles. The van der Waals surface area contributed by atoms with Gasteiger partial charge >= 0.3 is 5.97 Å². The number of carboxylic acid groups (broad SMARTS) is 1. The highest BCUT2D eigenvalue weighted by atomic mass is 32.1. The molecule has 1 aromatic carbocycles. The lowest BCUT2D eigenvalue weighted by atomic mass is 10.0. The minimum atomic E-state index is -1.75. The van der Waals surface area contributed by atoms with Crippen LogP contribution in [0.5, 0.6) is 5.75 Å². The summed E-state index contributed by atoms with van der Waals surface area (Å²) in [4.78, 5) is 24.1. The van der Waals surface area contributed by atoms with Crippen molar-refractivity contribution in [3.8, 4) is 5.75 Å². The van der Waals surface area contributed by atoms with Crippen molar-refractivity contribution in [3.63, 3.8) is 0 Å². The summed E-state index contributed by atoms with van der Waals surface area (Å²) in [5.41, 5.74) is 1.10. The van der Waals surface area contributed by atoms with E-state index >= 15 is 0 Å². The summed E-state index contributed by atoms with van der Waals surface area (Å²) in [6.07, 6.45) is 1.75. The quantitative estimate of drug-likeness (QED) is 0.267. The number of Topliss-reactive ketones (excluding diaryl/α,β-unsaturated/α-hetero) is 1. The summed E-state index contributed by atoms with van der Waals surface area (Å²) < 4.78 is 12.8. The van der Waals surface area contributed by atoms with E-state index in [9.17, 15) is 9.59 Å². The van der Waals surface area contributed by atoms with Crippen molar-refractivity contribution >= 4 is 41.5 Å². The first kappa shape index (κ1) is 24.6. The molecule has 0 aliphatic rings. The molecule has 5 nitrogen and oxygen atoms in total. The van der Waals surface area contributed by atoms with Gasteiger partial charge in [0, 0.05) is 17.7 Å². The molecule has 1 aromatic heterocycles. The minimum absolute atomic E-state index is 0.0109. The zero-order valence-corrected chi connectivity index (χ0v) is 20.9. The van der Waals surface area contributed by atoms with Gasteiger partial charge in [0.15, 0.2) is 14.1 Å². The molecule has 0 amide bonds. The minimum Gasteiger partial charge on any atom is -0.496 e. The molecule has 30 heavy (non-hydrogen) atoms. The molecule has 0 aliphatic heterocycles. The van der Waals surface area contributed by atoms with Crippen molar-refractivity contribution in [2.24, 2.45) is 5.92 Å². The van der Waals surface area contributed by atoms with E-state index in [1.165, 1.54) is 11.3 Å². The average molecular weight is 451 g/mol. The third-order valence-corrected chi connectivity index (χ3v) is 11.6. The Kier molecular flexibility index (Phi) is 7.88. The highest BCUT2D eigenvalue weighted by Crippen LogP contribution is 2.37. The Morgan fingerprint density at radius 3 is 2.43 bits per heavy atom. The number of methoxy groups -OCH3 is 1. The van der Waals surface area contributed by atoms with E-state index in [0.717, 1.165) is 40.8 Å². The predicted octanol–water partition coefficient (Wildman–Crippen LogP) is 6.16. The fraction of sp³-hybridized carbons (Fsp3) is 0.565. The molecule has 1 unspecified atom stereocenters. The van der Waals surface area contributed by atoms with E-state index in [1.54, 1.807) is 14.0 Å². The van der Waals surface area contributed by atoms with Crippen LogP contribution < -0.4 is 4.74 Å². The third kappa shape index (κ3) is 5.92. The van der Waals surface area contributed by atoms with Gasteiger partial charge < -0.3 is 14.3 Å². The second kappa shape index (κ2) is 9.62. The smallest absolute Gasteiger partial charge is 0.306 e. The summed E-state index contributed by atoms with van der Waals surface area (Å²) in [5.74, 6) is -0.953. The van der Waals surface area contributed by atoms with E-state index in [0.29, 0.717) is 4.88 Å². The molecular weight excluding hydrogens is 416 g/mol. The van der Waals surface area contributed by atoms with Crippen LogP contribution in [0.4, 0.5) is 0 Å². The van der Waals surface area contributed by atoms with Crippen LogP contribution in [0.25, 0.3) is 10.1 Å². The van der Waals surface area contributed by atoms with E-state index in [4.69, 9.17) is 14.3 Å². The molecule has 0 bridgehead atoms. The molecular formula is C23H34O5SSi. The van der Waals surface area contributed by atoms with Gasteiger partial charge in [0.25, 0.3) is 0 Å². The Balaban J connectivity index is 2.11. The summed E-state index contributed by atoms with van der Waals surface area (Å²) >= 11 is 1.39. The van der Waals surface area contributed by atoms with Gasteiger partial charge in [-0.1, -0.05) is 27.7 Å². The summed E-state index contributed by atoms with van der Waals surface area (Å²) in [6, 6.07) is 5.92. The molecule has 0 fully saturated rings. The Morgan fingerprint density at radius 1 is 1.20 bits per heavy atom. The van der Waals surface area contributed by atoms with Crippen molar-refractivity contribution in [2.75, 3.05) is 13.7 Å². The second-order valence-corrected chi connectivity index (χ2v) is 15.3. The van der Waals surface area contributed by atoms with Crippen LogP contribution >= 0.6 is 11.3 Å². The molecule has 0 saturated heterocycles. The lowest BCUT2D eigenvalue weighted by Gasteiger charge is -2.36. The largest absolute Gasteiger partial charge is 0.496 e. The highest BCUT2D eigenvalue weighted by Gasteiger charge is 2.36. The van der Waals surface area contributed by atoms with Crippen molar-refractivity contribution < 1.29 is 23.9 Å². The van der Waals surface area contributed by atoms with Crippen molar-refractivity contribution in [1.82, 2.24) is 0 Å². The van der Waals surface area contributed by atoms with Crippen molar-refractivity contribution in [2.45, 2.75) is 65.1 Å². The lowest BCUT2D eigenvalue weighted by Crippen LogP contribution is -2.41. The molecule has 1 atom stereocenters. The monoisotopic (exact) mass is 450 g/mol. The SMILES string of the molecule is COc1cc2sc(C(=O)CC(C)C(=O)O)cc2cc1CCCO[Si](C)(C)C(C)(C)C. The maximum absolute atomic E-state index is 12.5.